The molecule has 1 aliphatic rings. The lowest BCUT2D eigenvalue weighted by atomic mass is 10.1. The summed E-state index contributed by atoms with van der Waals surface area (Å²) in [5.74, 6) is 0.175. The molecule has 2 aromatic heterocycles. The average Bonchev–Trinajstić information content (AvgIpc) is 3.04. The van der Waals surface area contributed by atoms with Gasteiger partial charge in [-0.05, 0) is 6.07 Å². The van der Waals surface area contributed by atoms with Gasteiger partial charge < -0.3 is 14.6 Å². The van der Waals surface area contributed by atoms with Crippen molar-refractivity contribution in [3.63, 3.8) is 0 Å². The number of piperazine rings is 1. The summed E-state index contributed by atoms with van der Waals surface area (Å²) in [7, 11) is 0. The Balaban J connectivity index is 1.86. The normalized spacial score (nSPS) is 15.8. The molecule has 140 valence electrons. The largest absolute Gasteiger partial charge is 0.573 e. The minimum absolute atomic E-state index is 0.185. The molecule has 0 spiro atoms. The summed E-state index contributed by atoms with van der Waals surface area (Å²) in [5.41, 5.74) is 1.03. The first-order chi connectivity index (χ1) is 12.4. The number of rotatable bonds is 6. The Hall–Kier alpha value is -2.39. The van der Waals surface area contributed by atoms with E-state index in [1.54, 1.807) is 12.1 Å². The molecule has 0 unspecified atom stereocenters. The molecule has 3 heterocycles. The molecule has 0 aromatic carbocycles. The molecule has 3 rings (SSSR count). The SMILES string of the molecule is C=CCc1cc(-c2cc(CN3CCNCC3)on2)c(OC(F)(F)F)cn1. The first-order valence-corrected chi connectivity index (χ1v) is 8.19. The Bertz CT molecular complexity index is 755. The van der Waals surface area contributed by atoms with Crippen LogP contribution in [0, 0.1) is 0 Å². The summed E-state index contributed by atoms with van der Waals surface area (Å²) in [6, 6.07) is 3.15. The quantitative estimate of drug-likeness (QED) is 0.791. The monoisotopic (exact) mass is 368 g/mol. The Morgan fingerprint density at radius 3 is 2.77 bits per heavy atom. The van der Waals surface area contributed by atoms with Gasteiger partial charge in [-0.15, -0.1) is 19.8 Å². The van der Waals surface area contributed by atoms with Crippen LogP contribution >= 0.6 is 0 Å². The first-order valence-electron chi connectivity index (χ1n) is 8.19. The number of alkyl halides is 3. The van der Waals surface area contributed by atoms with Gasteiger partial charge in [0.25, 0.3) is 0 Å². The van der Waals surface area contributed by atoms with E-state index in [0.717, 1.165) is 32.4 Å². The highest BCUT2D eigenvalue weighted by Crippen LogP contribution is 2.33. The van der Waals surface area contributed by atoms with E-state index >= 15 is 0 Å². The average molecular weight is 368 g/mol. The fraction of sp³-hybridized carbons (Fsp3) is 0.412. The number of ether oxygens (including phenoxy) is 1. The van der Waals surface area contributed by atoms with E-state index in [0.29, 0.717) is 24.4 Å². The van der Waals surface area contributed by atoms with Gasteiger partial charge in [-0.1, -0.05) is 11.2 Å². The third-order valence-electron chi connectivity index (χ3n) is 3.93. The number of aromatic nitrogens is 2. The van der Waals surface area contributed by atoms with Gasteiger partial charge in [-0.2, -0.15) is 0 Å². The zero-order chi connectivity index (χ0) is 18.6. The second-order valence-corrected chi connectivity index (χ2v) is 5.92. The van der Waals surface area contributed by atoms with Crippen molar-refractivity contribution < 1.29 is 22.4 Å². The van der Waals surface area contributed by atoms with Crippen molar-refractivity contribution in [3.05, 3.63) is 42.4 Å². The molecule has 1 saturated heterocycles. The van der Waals surface area contributed by atoms with Crippen molar-refractivity contribution >= 4 is 0 Å². The maximum Gasteiger partial charge on any atom is 0.573 e. The van der Waals surface area contributed by atoms with E-state index in [1.165, 1.54) is 6.07 Å². The Morgan fingerprint density at radius 1 is 1.31 bits per heavy atom. The van der Waals surface area contributed by atoms with Gasteiger partial charge in [0, 0.05) is 49.9 Å². The van der Waals surface area contributed by atoms with Crippen LogP contribution in [0.3, 0.4) is 0 Å². The zero-order valence-electron chi connectivity index (χ0n) is 14.1. The van der Waals surface area contributed by atoms with Gasteiger partial charge in [0.2, 0.25) is 0 Å². The van der Waals surface area contributed by atoms with Crippen molar-refractivity contribution in [1.82, 2.24) is 20.4 Å². The van der Waals surface area contributed by atoms with Gasteiger partial charge in [-0.3, -0.25) is 9.88 Å². The van der Waals surface area contributed by atoms with Crippen LogP contribution in [-0.4, -0.2) is 47.6 Å². The molecule has 1 N–H and O–H groups in total. The molecular formula is C17H19F3N4O2. The van der Waals surface area contributed by atoms with E-state index in [-0.39, 0.29) is 11.3 Å². The van der Waals surface area contributed by atoms with Crippen LogP contribution in [-0.2, 0) is 13.0 Å². The Morgan fingerprint density at radius 2 is 2.08 bits per heavy atom. The lowest BCUT2D eigenvalue weighted by Crippen LogP contribution is -2.42. The number of hydrogen-bond donors (Lipinski definition) is 1. The van der Waals surface area contributed by atoms with Crippen LogP contribution in [0.2, 0.25) is 0 Å². The molecule has 6 nitrogen and oxygen atoms in total. The number of pyridine rings is 1. The van der Waals surface area contributed by atoms with Crippen molar-refractivity contribution in [2.75, 3.05) is 26.2 Å². The summed E-state index contributed by atoms with van der Waals surface area (Å²) < 4.78 is 47.4. The van der Waals surface area contributed by atoms with E-state index in [1.807, 2.05) is 0 Å². The maximum absolute atomic E-state index is 12.7. The van der Waals surface area contributed by atoms with Crippen molar-refractivity contribution in [3.8, 4) is 17.0 Å². The molecule has 0 atom stereocenters. The molecule has 9 heteroatoms. The molecule has 0 saturated carbocycles. The Labute approximate surface area is 148 Å². The van der Waals surface area contributed by atoms with Gasteiger partial charge in [0.1, 0.15) is 5.69 Å². The summed E-state index contributed by atoms with van der Waals surface area (Å²) in [6.45, 7) is 7.69. The van der Waals surface area contributed by atoms with Crippen LogP contribution in [0.1, 0.15) is 11.5 Å². The van der Waals surface area contributed by atoms with E-state index < -0.39 is 12.1 Å². The number of nitrogens with one attached hydrogen (secondary N) is 1. The molecule has 26 heavy (non-hydrogen) atoms. The topological polar surface area (TPSA) is 63.4 Å². The zero-order valence-corrected chi connectivity index (χ0v) is 14.1. The van der Waals surface area contributed by atoms with Crippen LogP contribution in [0.25, 0.3) is 11.3 Å². The lowest BCUT2D eigenvalue weighted by molar-refractivity contribution is -0.274. The van der Waals surface area contributed by atoms with Crippen LogP contribution in [0.4, 0.5) is 13.2 Å². The second kappa shape index (κ2) is 7.88. The number of hydrogen-bond acceptors (Lipinski definition) is 6. The molecule has 1 fully saturated rings. The van der Waals surface area contributed by atoms with Crippen LogP contribution < -0.4 is 10.1 Å². The molecule has 0 bridgehead atoms. The lowest BCUT2D eigenvalue weighted by Gasteiger charge is -2.25. The molecule has 1 aliphatic heterocycles. The molecule has 0 aliphatic carbocycles. The van der Waals surface area contributed by atoms with E-state index in [2.05, 4.69) is 31.7 Å². The first kappa shape index (κ1) is 18.4. The highest BCUT2D eigenvalue weighted by molar-refractivity contribution is 5.67. The third-order valence-corrected chi connectivity index (χ3v) is 3.93. The van der Waals surface area contributed by atoms with Gasteiger partial charge >= 0.3 is 6.36 Å². The highest BCUT2D eigenvalue weighted by atomic mass is 19.4. The van der Waals surface area contributed by atoms with Gasteiger partial charge in [0.05, 0.1) is 12.7 Å². The van der Waals surface area contributed by atoms with Gasteiger partial charge in [0.15, 0.2) is 11.5 Å². The number of nitrogens with zero attached hydrogens (tertiary/aromatic N) is 3. The number of halogens is 3. The molecule has 0 radical (unpaired) electrons. The highest BCUT2D eigenvalue weighted by Gasteiger charge is 2.33. The fourth-order valence-corrected chi connectivity index (χ4v) is 2.76. The predicted molar refractivity (Wildman–Crippen MR) is 88.5 cm³/mol. The molecular weight excluding hydrogens is 349 g/mol. The van der Waals surface area contributed by atoms with E-state index in [9.17, 15) is 13.2 Å². The summed E-state index contributed by atoms with van der Waals surface area (Å²) in [5, 5.41) is 7.18. The fourth-order valence-electron chi connectivity index (χ4n) is 2.76. The summed E-state index contributed by atoms with van der Waals surface area (Å²) in [4.78, 5) is 6.15. The van der Waals surface area contributed by atoms with Crippen molar-refractivity contribution in [2.45, 2.75) is 19.3 Å². The van der Waals surface area contributed by atoms with Crippen molar-refractivity contribution in [1.29, 1.82) is 0 Å². The Kier molecular flexibility index (Phi) is 5.58. The minimum Gasteiger partial charge on any atom is -0.403 e. The van der Waals surface area contributed by atoms with Gasteiger partial charge in [-0.25, -0.2) is 0 Å². The van der Waals surface area contributed by atoms with Crippen LogP contribution in [0.5, 0.6) is 5.75 Å². The summed E-state index contributed by atoms with van der Waals surface area (Å²) in [6.07, 6.45) is -1.73. The second-order valence-electron chi connectivity index (χ2n) is 5.92. The molecule has 0 amide bonds. The standard InChI is InChI=1S/C17H19F3N4O2/c1-2-3-12-8-14(16(10-22-12)25-17(18,19)20)15-9-13(26-23-15)11-24-6-4-21-5-7-24/h2,8-10,21H,1,3-7,11H2. The predicted octanol–water partition coefficient (Wildman–Crippen LogP) is 2.77. The smallest absolute Gasteiger partial charge is 0.403 e. The number of allylic oxidation sites excluding steroid dienone is 1. The van der Waals surface area contributed by atoms with E-state index in [4.69, 9.17) is 4.52 Å². The van der Waals surface area contributed by atoms with Crippen LogP contribution in [0.15, 0.2) is 35.5 Å². The van der Waals surface area contributed by atoms with Crippen molar-refractivity contribution in [2.24, 2.45) is 0 Å². The minimum atomic E-state index is -4.82. The maximum atomic E-state index is 12.7. The third kappa shape index (κ3) is 4.83. The summed E-state index contributed by atoms with van der Waals surface area (Å²) >= 11 is 0. The molecule has 2 aromatic rings.